The summed E-state index contributed by atoms with van der Waals surface area (Å²) in [5.74, 6) is -0.288. The van der Waals surface area contributed by atoms with Crippen molar-refractivity contribution in [3.63, 3.8) is 0 Å². The molecule has 0 aliphatic carbocycles. The van der Waals surface area contributed by atoms with Crippen molar-refractivity contribution in [3.05, 3.63) is 29.8 Å². The number of hydrogen-bond donors (Lipinski definition) is 1. The van der Waals surface area contributed by atoms with Gasteiger partial charge in [0.25, 0.3) is 0 Å². The monoisotopic (exact) mass is 385 g/mol. The third-order valence-electron chi connectivity index (χ3n) is 5.16. The number of alkyl halides is 3. The summed E-state index contributed by atoms with van der Waals surface area (Å²) in [5.41, 5.74) is 2.14. The predicted molar refractivity (Wildman–Crippen MR) is 96.5 cm³/mol. The number of amides is 1. The number of benzene rings is 1. The van der Waals surface area contributed by atoms with Crippen LogP contribution in [0.5, 0.6) is 0 Å². The van der Waals surface area contributed by atoms with Gasteiger partial charge in [-0.3, -0.25) is 9.69 Å². The van der Waals surface area contributed by atoms with Crippen LogP contribution in [0.25, 0.3) is 0 Å². The predicted octanol–water partition coefficient (Wildman–Crippen LogP) is 2.41. The quantitative estimate of drug-likeness (QED) is 0.846. The van der Waals surface area contributed by atoms with Gasteiger partial charge in [0.1, 0.15) is 0 Å². The van der Waals surface area contributed by atoms with E-state index in [-0.39, 0.29) is 11.8 Å². The molecule has 0 bridgehead atoms. The molecule has 2 aliphatic heterocycles. The van der Waals surface area contributed by atoms with Gasteiger partial charge in [0.15, 0.2) is 0 Å². The minimum Gasteiger partial charge on any atom is -0.378 e. The Hall–Kier alpha value is -1.80. The molecule has 2 fully saturated rings. The highest BCUT2D eigenvalue weighted by Gasteiger charge is 2.33. The lowest BCUT2D eigenvalue weighted by Crippen LogP contribution is -2.43. The second-order valence-corrected chi connectivity index (χ2v) is 7.11. The Morgan fingerprint density at radius 1 is 1.11 bits per heavy atom. The van der Waals surface area contributed by atoms with Crippen LogP contribution >= 0.6 is 0 Å². The molecule has 0 spiro atoms. The Balaban J connectivity index is 1.50. The molecule has 0 aromatic heterocycles. The number of rotatable bonds is 5. The smallest absolute Gasteiger partial charge is 0.378 e. The Labute approximate surface area is 157 Å². The van der Waals surface area contributed by atoms with E-state index >= 15 is 0 Å². The lowest BCUT2D eigenvalue weighted by atomic mass is 9.95. The topological polar surface area (TPSA) is 44.8 Å². The lowest BCUT2D eigenvalue weighted by molar-refractivity contribution is -0.149. The number of nitrogens with one attached hydrogen (secondary N) is 1. The van der Waals surface area contributed by atoms with Crippen molar-refractivity contribution in [2.75, 3.05) is 50.8 Å². The zero-order valence-corrected chi connectivity index (χ0v) is 15.3. The van der Waals surface area contributed by atoms with Gasteiger partial charge in [-0.25, -0.2) is 0 Å². The average molecular weight is 385 g/mol. The minimum absolute atomic E-state index is 0.0709. The van der Waals surface area contributed by atoms with Gasteiger partial charge in [-0.2, -0.15) is 13.2 Å². The van der Waals surface area contributed by atoms with Crippen molar-refractivity contribution in [1.29, 1.82) is 0 Å². The molecule has 1 aromatic carbocycles. The first-order valence-electron chi connectivity index (χ1n) is 9.40. The minimum atomic E-state index is -4.18. The molecule has 0 unspecified atom stereocenters. The zero-order valence-electron chi connectivity index (χ0n) is 15.3. The summed E-state index contributed by atoms with van der Waals surface area (Å²) in [6.07, 6.45) is -3.25. The molecule has 0 saturated carbocycles. The molecule has 2 aliphatic rings. The van der Waals surface area contributed by atoms with Crippen LogP contribution in [0, 0.1) is 5.92 Å². The molecule has 5 nitrogen and oxygen atoms in total. The molecule has 1 N–H and O–H groups in total. The number of hydrogen-bond acceptors (Lipinski definition) is 4. The highest BCUT2D eigenvalue weighted by atomic mass is 19.4. The molecule has 1 amide bonds. The molecular weight excluding hydrogens is 359 g/mol. The lowest BCUT2D eigenvalue weighted by Gasteiger charge is -2.32. The summed E-state index contributed by atoms with van der Waals surface area (Å²) < 4.78 is 42.8. The summed E-state index contributed by atoms with van der Waals surface area (Å²) in [7, 11) is 0. The first-order chi connectivity index (χ1) is 12.9. The van der Waals surface area contributed by atoms with Gasteiger partial charge in [-0.15, -0.1) is 0 Å². The van der Waals surface area contributed by atoms with Crippen molar-refractivity contribution in [2.45, 2.75) is 25.6 Å². The van der Waals surface area contributed by atoms with E-state index < -0.39 is 12.7 Å². The molecule has 0 radical (unpaired) electrons. The van der Waals surface area contributed by atoms with E-state index in [1.54, 1.807) is 0 Å². The van der Waals surface area contributed by atoms with Gasteiger partial charge >= 0.3 is 6.18 Å². The summed E-state index contributed by atoms with van der Waals surface area (Å²) in [6.45, 7) is 3.17. The number of piperidine rings is 1. The fourth-order valence-electron chi connectivity index (χ4n) is 3.71. The number of para-hydroxylation sites is 1. The Morgan fingerprint density at radius 3 is 2.44 bits per heavy atom. The van der Waals surface area contributed by atoms with Gasteiger partial charge in [0.2, 0.25) is 5.91 Å². The summed E-state index contributed by atoms with van der Waals surface area (Å²) in [6, 6.07) is 7.97. The Bertz CT molecular complexity index is 625. The second-order valence-electron chi connectivity index (χ2n) is 7.11. The van der Waals surface area contributed by atoms with Crippen LogP contribution in [0.2, 0.25) is 0 Å². The molecule has 2 saturated heterocycles. The number of carbonyl (C=O) groups is 1. The normalized spacial score (nSPS) is 19.9. The number of halogens is 3. The first kappa shape index (κ1) is 19.9. The number of morpholine rings is 1. The van der Waals surface area contributed by atoms with Crippen molar-refractivity contribution in [2.24, 2.45) is 5.92 Å². The maximum atomic E-state index is 12.5. The van der Waals surface area contributed by atoms with E-state index in [0.717, 1.165) is 24.3 Å². The fourth-order valence-corrected chi connectivity index (χ4v) is 3.71. The van der Waals surface area contributed by atoms with Crippen LogP contribution in [0.3, 0.4) is 0 Å². The second kappa shape index (κ2) is 8.93. The summed E-state index contributed by atoms with van der Waals surface area (Å²) >= 11 is 0. The van der Waals surface area contributed by atoms with E-state index in [2.05, 4.69) is 10.2 Å². The summed E-state index contributed by atoms with van der Waals surface area (Å²) in [5, 5.41) is 2.97. The first-order valence-corrected chi connectivity index (χ1v) is 9.40. The van der Waals surface area contributed by atoms with E-state index in [4.69, 9.17) is 4.74 Å². The van der Waals surface area contributed by atoms with Crippen LogP contribution in [-0.2, 0) is 16.1 Å². The van der Waals surface area contributed by atoms with Gasteiger partial charge in [0.05, 0.1) is 19.8 Å². The Kier molecular flexibility index (Phi) is 6.59. The molecule has 8 heteroatoms. The van der Waals surface area contributed by atoms with Crippen LogP contribution in [0.4, 0.5) is 18.9 Å². The standard InChI is InChI=1S/C19H26F3N3O2/c20-19(21,22)14-24-7-5-15(6-8-24)18(26)23-13-16-3-1-2-4-17(16)25-9-11-27-12-10-25/h1-4,15H,5-14H2,(H,23,26). The largest absolute Gasteiger partial charge is 0.401 e. The number of anilines is 1. The SMILES string of the molecule is O=C(NCc1ccccc1N1CCOCC1)C1CCN(CC(F)(F)F)CC1. The van der Waals surface area contributed by atoms with Crippen molar-refractivity contribution < 1.29 is 22.7 Å². The number of ether oxygens (including phenoxy) is 1. The van der Waals surface area contributed by atoms with Crippen LogP contribution in [0.1, 0.15) is 18.4 Å². The molecular formula is C19H26F3N3O2. The highest BCUT2D eigenvalue weighted by Crippen LogP contribution is 2.24. The molecule has 1 aromatic rings. The Morgan fingerprint density at radius 2 is 1.78 bits per heavy atom. The zero-order chi connectivity index (χ0) is 19.3. The number of likely N-dealkylation sites (tertiary alicyclic amines) is 1. The van der Waals surface area contributed by atoms with Crippen molar-refractivity contribution in [1.82, 2.24) is 10.2 Å². The van der Waals surface area contributed by atoms with E-state index in [1.807, 2.05) is 24.3 Å². The molecule has 150 valence electrons. The third-order valence-corrected chi connectivity index (χ3v) is 5.16. The summed E-state index contributed by atoms with van der Waals surface area (Å²) in [4.78, 5) is 16.1. The van der Waals surface area contributed by atoms with E-state index in [0.29, 0.717) is 45.7 Å². The maximum absolute atomic E-state index is 12.5. The van der Waals surface area contributed by atoms with Gasteiger partial charge in [-0.1, -0.05) is 18.2 Å². The highest BCUT2D eigenvalue weighted by molar-refractivity contribution is 5.79. The molecule has 2 heterocycles. The van der Waals surface area contributed by atoms with Gasteiger partial charge in [0, 0.05) is 31.2 Å². The number of nitrogens with zero attached hydrogens (tertiary/aromatic N) is 2. The van der Waals surface area contributed by atoms with Gasteiger partial charge < -0.3 is 15.0 Å². The van der Waals surface area contributed by atoms with Crippen LogP contribution < -0.4 is 10.2 Å². The van der Waals surface area contributed by atoms with Crippen molar-refractivity contribution in [3.8, 4) is 0 Å². The third kappa shape index (κ3) is 5.84. The fraction of sp³-hybridized carbons (Fsp3) is 0.632. The molecule has 0 atom stereocenters. The van der Waals surface area contributed by atoms with Crippen LogP contribution in [0.15, 0.2) is 24.3 Å². The maximum Gasteiger partial charge on any atom is 0.401 e. The van der Waals surface area contributed by atoms with E-state index in [9.17, 15) is 18.0 Å². The van der Waals surface area contributed by atoms with Crippen molar-refractivity contribution >= 4 is 11.6 Å². The average Bonchev–Trinajstić information content (AvgIpc) is 2.66. The van der Waals surface area contributed by atoms with E-state index in [1.165, 1.54) is 4.90 Å². The van der Waals surface area contributed by atoms with Gasteiger partial charge in [-0.05, 0) is 37.6 Å². The molecule has 27 heavy (non-hydrogen) atoms. The molecule has 3 rings (SSSR count). The van der Waals surface area contributed by atoms with Crippen LogP contribution in [-0.4, -0.2) is 62.9 Å². The number of carbonyl (C=O) groups excluding carboxylic acids is 1.